The van der Waals surface area contributed by atoms with E-state index in [1.54, 1.807) is 0 Å². The Hall–Kier alpha value is -1.24. The van der Waals surface area contributed by atoms with Crippen molar-refractivity contribution in [1.29, 1.82) is 0 Å². The van der Waals surface area contributed by atoms with E-state index in [1.165, 1.54) is 36.2 Å². The number of nitrogens with zero attached hydrogens (tertiary/aromatic N) is 1. The van der Waals surface area contributed by atoms with Crippen LogP contribution >= 0.6 is 0 Å². The van der Waals surface area contributed by atoms with Crippen LogP contribution in [0.2, 0.25) is 0 Å². The molecule has 1 nitrogen and oxygen atoms in total. The van der Waals surface area contributed by atoms with Crippen LogP contribution in [0.15, 0.2) is 30.3 Å². The number of benzene rings is 1. The first-order valence-corrected chi connectivity index (χ1v) is 4.98. The second-order valence-electron chi connectivity index (χ2n) is 3.81. The minimum absolute atomic E-state index is 1.13. The van der Waals surface area contributed by atoms with Gasteiger partial charge >= 0.3 is 0 Å². The summed E-state index contributed by atoms with van der Waals surface area (Å²) in [5, 5.41) is 0. The Morgan fingerprint density at radius 1 is 1.15 bits per heavy atom. The normalized spacial score (nSPS) is 19.4. The van der Waals surface area contributed by atoms with Crippen molar-refractivity contribution in [2.24, 2.45) is 0 Å². The molecule has 1 aromatic rings. The van der Waals surface area contributed by atoms with E-state index in [9.17, 15) is 0 Å². The molecule has 66 valence electrons. The molecule has 2 heterocycles. The molecule has 0 saturated carbocycles. The fourth-order valence-corrected chi connectivity index (χ4v) is 2.33. The van der Waals surface area contributed by atoms with Crippen LogP contribution in [0.3, 0.4) is 0 Å². The van der Waals surface area contributed by atoms with Crippen molar-refractivity contribution < 1.29 is 0 Å². The molecule has 1 aromatic carbocycles. The fraction of sp³-hybridized carbons (Fsp3) is 0.333. The second kappa shape index (κ2) is 2.63. The van der Waals surface area contributed by atoms with Gasteiger partial charge in [0.15, 0.2) is 0 Å². The summed E-state index contributed by atoms with van der Waals surface area (Å²) in [6.07, 6.45) is 4.95. The number of hydrogen-bond acceptors (Lipinski definition) is 1. The van der Waals surface area contributed by atoms with Crippen molar-refractivity contribution in [3.63, 3.8) is 0 Å². The summed E-state index contributed by atoms with van der Waals surface area (Å²) < 4.78 is 0. The Labute approximate surface area is 78.7 Å². The molecule has 0 aromatic heterocycles. The van der Waals surface area contributed by atoms with Crippen molar-refractivity contribution in [2.75, 3.05) is 6.54 Å². The molecule has 0 amide bonds. The first kappa shape index (κ1) is 7.19. The molecule has 0 saturated heterocycles. The molecule has 13 heavy (non-hydrogen) atoms. The van der Waals surface area contributed by atoms with Gasteiger partial charge in [0.25, 0.3) is 0 Å². The van der Waals surface area contributed by atoms with E-state index in [-0.39, 0.29) is 0 Å². The van der Waals surface area contributed by atoms with Crippen molar-refractivity contribution in [3.8, 4) is 0 Å². The zero-order chi connectivity index (χ0) is 8.67. The SMILES string of the molecule is C1=C2c3ccccc3CN2CCC1. The smallest absolute Gasteiger partial charge is 0.0436 e. The van der Waals surface area contributed by atoms with E-state index in [0.717, 1.165) is 6.54 Å². The third kappa shape index (κ3) is 0.998. The van der Waals surface area contributed by atoms with Gasteiger partial charge in [0.05, 0.1) is 0 Å². The highest BCUT2D eigenvalue weighted by Crippen LogP contribution is 2.35. The van der Waals surface area contributed by atoms with Crippen LogP contribution in [-0.2, 0) is 6.54 Å². The third-order valence-corrected chi connectivity index (χ3v) is 2.97. The third-order valence-electron chi connectivity index (χ3n) is 2.97. The van der Waals surface area contributed by atoms with Gasteiger partial charge in [-0.05, 0) is 18.4 Å². The largest absolute Gasteiger partial charge is 0.367 e. The van der Waals surface area contributed by atoms with Crippen LogP contribution in [-0.4, -0.2) is 11.4 Å². The van der Waals surface area contributed by atoms with Crippen LogP contribution in [0.25, 0.3) is 5.70 Å². The predicted molar refractivity (Wildman–Crippen MR) is 54.1 cm³/mol. The first-order valence-electron chi connectivity index (χ1n) is 4.98. The maximum Gasteiger partial charge on any atom is 0.0436 e. The lowest BCUT2D eigenvalue weighted by atomic mass is 10.1. The Bertz CT molecular complexity index is 365. The lowest BCUT2D eigenvalue weighted by Gasteiger charge is -2.23. The molecule has 1 heteroatoms. The zero-order valence-corrected chi connectivity index (χ0v) is 7.66. The van der Waals surface area contributed by atoms with Crippen LogP contribution in [0.5, 0.6) is 0 Å². The van der Waals surface area contributed by atoms with Gasteiger partial charge < -0.3 is 4.90 Å². The Morgan fingerprint density at radius 2 is 2.08 bits per heavy atom. The Balaban J connectivity index is 2.13. The molecule has 2 aliphatic rings. The lowest BCUT2D eigenvalue weighted by molar-refractivity contribution is 0.388. The standard InChI is InChI=1S/C12H13N/c1-2-6-11-10(5-1)9-13-8-4-3-7-12(11)13/h1-2,5-7H,3-4,8-9H2. The quantitative estimate of drug-likeness (QED) is 0.580. The minimum atomic E-state index is 1.13. The molecule has 0 aliphatic carbocycles. The van der Waals surface area contributed by atoms with E-state index in [2.05, 4.69) is 35.2 Å². The fourth-order valence-electron chi connectivity index (χ4n) is 2.33. The van der Waals surface area contributed by atoms with Gasteiger partial charge in [-0.3, -0.25) is 0 Å². The van der Waals surface area contributed by atoms with E-state index in [4.69, 9.17) is 0 Å². The summed E-state index contributed by atoms with van der Waals surface area (Å²) in [6, 6.07) is 8.76. The van der Waals surface area contributed by atoms with Crippen LogP contribution in [0, 0.1) is 0 Å². The summed E-state index contributed by atoms with van der Waals surface area (Å²) in [4.78, 5) is 2.49. The number of allylic oxidation sites excluding steroid dienone is 1. The van der Waals surface area contributed by atoms with Gasteiger partial charge in [0.2, 0.25) is 0 Å². The average molecular weight is 171 g/mol. The predicted octanol–water partition coefficient (Wildman–Crippen LogP) is 2.64. The van der Waals surface area contributed by atoms with Crippen LogP contribution < -0.4 is 0 Å². The molecule has 2 aliphatic heterocycles. The maximum absolute atomic E-state index is 2.49. The highest BCUT2D eigenvalue weighted by molar-refractivity contribution is 5.71. The summed E-state index contributed by atoms with van der Waals surface area (Å²) in [5.74, 6) is 0. The summed E-state index contributed by atoms with van der Waals surface area (Å²) in [6.45, 7) is 2.36. The molecule has 0 atom stereocenters. The van der Waals surface area contributed by atoms with Crippen LogP contribution in [0.4, 0.5) is 0 Å². The molecule has 0 bridgehead atoms. The van der Waals surface area contributed by atoms with Gasteiger partial charge in [-0.25, -0.2) is 0 Å². The van der Waals surface area contributed by atoms with Gasteiger partial charge in [0, 0.05) is 24.4 Å². The number of rotatable bonds is 0. The molecule has 0 unspecified atom stereocenters. The molecular weight excluding hydrogens is 158 g/mol. The van der Waals surface area contributed by atoms with E-state index in [1.807, 2.05) is 0 Å². The first-order chi connectivity index (χ1) is 6.45. The molecule has 0 N–H and O–H groups in total. The van der Waals surface area contributed by atoms with E-state index < -0.39 is 0 Å². The monoisotopic (exact) mass is 171 g/mol. The molecule has 3 rings (SSSR count). The topological polar surface area (TPSA) is 3.24 Å². The highest BCUT2D eigenvalue weighted by Gasteiger charge is 2.24. The average Bonchev–Trinajstić information content (AvgIpc) is 2.56. The van der Waals surface area contributed by atoms with Crippen molar-refractivity contribution in [3.05, 3.63) is 41.5 Å². The van der Waals surface area contributed by atoms with Gasteiger partial charge in [-0.1, -0.05) is 30.3 Å². The summed E-state index contributed by atoms with van der Waals surface area (Å²) in [7, 11) is 0. The van der Waals surface area contributed by atoms with Gasteiger partial charge in [0.1, 0.15) is 0 Å². The van der Waals surface area contributed by atoms with Crippen molar-refractivity contribution >= 4 is 5.70 Å². The molecular formula is C12H13N. The minimum Gasteiger partial charge on any atom is -0.367 e. The summed E-state index contributed by atoms with van der Waals surface area (Å²) in [5.41, 5.74) is 4.43. The summed E-state index contributed by atoms with van der Waals surface area (Å²) >= 11 is 0. The lowest BCUT2D eigenvalue weighted by Crippen LogP contribution is -2.19. The van der Waals surface area contributed by atoms with E-state index in [0.29, 0.717) is 0 Å². The van der Waals surface area contributed by atoms with E-state index >= 15 is 0 Å². The highest BCUT2D eigenvalue weighted by atomic mass is 15.2. The molecule has 0 spiro atoms. The Morgan fingerprint density at radius 3 is 3.08 bits per heavy atom. The van der Waals surface area contributed by atoms with Crippen molar-refractivity contribution in [1.82, 2.24) is 4.90 Å². The van der Waals surface area contributed by atoms with Crippen LogP contribution in [0.1, 0.15) is 24.0 Å². The van der Waals surface area contributed by atoms with Gasteiger partial charge in [-0.2, -0.15) is 0 Å². The van der Waals surface area contributed by atoms with Crippen molar-refractivity contribution in [2.45, 2.75) is 19.4 Å². The zero-order valence-electron chi connectivity index (χ0n) is 7.66. The number of fused-ring (bicyclic) bond motifs is 3. The maximum atomic E-state index is 2.49. The Kier molecular flexibility index (Phi) is 1.45. The number of hydrogen-bond donors (Lipinski definition) is 0. The second-order valence-corrected chi connectivity index (χ2v) is 3.81. The van der Waals surface area contributed by atoms with Gasteiger partial charge in [-0.15, -0.1) is 0 Å². The molecule has 0 fully saturated rings. The molecule has 0 radical (unpaired) electrons.